The Bertz CT molecular complexity index is 802. The first-order chi connectivity index (χ1) is 10.7. The molecule has 3 nitrogen and oxygen atoms in total. The minimum atomic E-state index is -0.207. The Morgan fingerprint density at radius 3 is 2.52 bits per heavy atom. The number of nitrogens with zero attached hydrogens (tertiary/aromatic N) is 2. The van der Waals surface area contributed by atoms with Gasteiger partial charge in [0.05, 0.1) is 12.2 Å². The molecule has 1 aromatic carbocycles. The summed E-state index contributed by atoms with van der Waals surface area (Å²) in [6.45, 7) is 16.3. The van der Waals surface area contributed by atoms with Crippen molar-refractivity contribution < 1.29 is 4.52 Å². The number of para-hydroxylation sites is 1. The van der Waals surface area contributed by atoms with Crippen LogP contribution in [0, 0.1) is 12.3 Å². The third-order valence-corrected chi connectivity index (χ3v) is 7.29. The quantitative estimate of drug-likeness (QED) is 0.678. The lowest BCUT2D eigenvalue weighted by molar-refractivity contribution is 0.0464. The van der Waals surface area contributed by atoms with E-state index in [0.717, 1.165) is 5.76 Å². The van der Waals surface area contributed by atoms with Gasteiger partial charge in [-0.25, -0.2) is 0 Å². The van der Waals surface area contributed by atoms with Crippen LogP contribution in [0.3, 0.4) is 0 Å². The molecule has 0 N–H and O–H groups in total. The summed E-state index contributed by atoms with van der Waals surface area (Å²) in [7, 11) is 0. The van der Waals surface area contributed by atoms with E-state index in [9.17, 15) is 0 Å². The Morgan fingerprint density at radius 2 is 1.83 bits per heavy atom. The van der Waals surface area contributed by atoms with Gasteiger partial charge < -0.3 is 9.42 Å². The average molecular weight is 310 g/mol. The van der Waals surface area contributed by atoms with Crippen LogP contribution in [0.15, 0.2) is 28.9 Å². The van der Waals surface area contributed by atoms with Crippen LogP contribution in [0.2, 0.25) is 0 Å². The number of benzene rings is 1. The summed E-state index contributed by atoms with van der Waals surface area (Å²) in [5.41, 5.74) is 5.17. The molecular formula is C20H26N2O. The normalized spacial score (nSPS) is 29.9. The fourth-order valence-corrected chi connectivity index (χ4v) is 4.98. The van der Waals surface area contributed by atoms with Crippen molar-refractivity contribution in [2.24, 2.45) is 5.41 Å². The van der Waals surface area contributed by atoms with Gasteiger partial charge in [-0.1, -0.05) is 51.1 Å². The molecule has 0 aliphatic carbocycles. The highest BCUT2D eigenvalue weighted by molar-refractivity contribution is 5.71. The van der Waals surface area contributed by atoms with E-state index >= 15 is 0 Å². The van der Waals surface area contributed by atoms with Gasteiger partial charge in [-0.05, 0) is 37.3 Å². The standard InChI is InChI=1S/C20H26N2O/c1-12-9-8-10-15-16(12)22-13(2)14-11-21-23-17(14)20(22,7)19(5,6)18(15,3)4/h8-11,13H,1-7H3. The van der Waals surface area contributed by atoms with Gasteiger partial charge in [0.15, 0.2) is 5.76 Å². The van der Waals surface area contributed by atoms with Crippen molar-refractivity contribution in [2.75, 3.05) is 4.90 Å². The molecule has 2 aliphatic heterocycles. The van der Waals surface area contributed by atoms with E-state index in [1.54, 1.807) is 0 Å². The number of rotatable bonds is 0. The maximum Gasteiger partial charge on any atom is 0.167 e. The van der Waals surface area contributed by atoms with Gasteiger partial charge in [-0.2, -0.15) is 0 Å². The van der Waals surface area contributed by atoms with Gasteiger partial charge in [0, 0.05) is 16.7 Å². The average Bonchev–Trinajstić information content (AvgIpc) is 3.03. The molecule has 0 spiro atoms. The highest BCUT2D eigenvalue weighted by Gasteiger charge is 2.65. The minimum absolute atomic E-state index is 0.0141. The van der Waals surface area contributed by atoms with Gasteiger partial charge in [0.2, 0.25) is 0 Å². The molecule has 2 atom stereocenters. The van der Waals surface area contributed by atoms with Crippen molar-refractivity contribution in [2.45, 2.75) is 65.5 Å². The topological polar surface area (TPSA) is 29.3 Å². The SMILES string of the molecule is Cc1cccc2c1N1C(C)c3cnoc3C1(C)C(C)(C)C2(C)C. The second kappa shape index (κ2) is 4.00. The Balaban J connectivity index is 2.15. The van der Waals surface area contributed by atoms with Gasteiger partial charge in [0.25, 0.3) is 0 Å². The monoisotopic (exact) mass is 310 g/mol. The fraction of sp³-hybridized carbons (Fsp3) is 0.550. The van der Waals surface area contributed by atoms with Crippen molar-refractivity contribution in [1.82, 2.24) is 5.16 Å². The highest BCUT2D eigenvalue weighted by Crippen LogP contribution is 2.67. The third-order valence-electron chi connectivity index (χ3n) is 7.29. The molecule has 0 bridgehead atoms. The number of hydrogen-bond acceptors (Lipinski definition) is 3. The number of aryl methyl sites for hydroxylation is 1. The van der Waals surface area contributed by atoms with Crippen molar-refractivity contribution in [3.63, 3.8) is 0 Å². The Kier molecular flexibility index (Phi) is 2.58. The lowest BCUT2D eigenvalue weighted by Gasteiger charge is -2.61. The molecule has 0 amide bonds. The van der Waals surface area contributed by atoms with Crippen LogP contribution in [0.25, 0.3) is 0 Å². The van der Waals surface area contributed by atoms with E-state index in [4.69, 9.17) is 4.52 Å². The number of hydrogen-bond donors (Lipinski definition) is 0. The molecule has 2 unspecified atom stereocenters. The van der Waals surface area contributed by atoms with Gasteiger partial charge in [0.1, 0.15) is 5.54 Å². The molecule has 0 radical (unpaired) electrons. The molecule has 0 saturated carbocycles. The van der Waals surface area contributed by atoms with E-state index in [0.29, 0.717) is 0 Å². The van der Waals surface area contributed by atoms with Crippen molar-refractivity contribution in [3.8, 4) is 0 Å². The Morgan fingerprint density at radius 1 is 1.13 bits per heavy atom. The lowest BCUT2D eigenvalue weighted by atomic mass is 9.52. The summed E-state index contributed by atoms with van der Waals surface area (Å²) in [6, 6.07) is 6.98. The van der Waals surface area contributed by atoms with Gasteiger partial charge >= 0.3 is 0 Å². The fourth-order valence-electron chi connectivity index (χ4n) is 4.98. The van der Waals surface area contributed by atoms with Gasteiger partial charge in [-0.15, -0.1) is 0 Å². The van der Waals surface area contributed by atoms with Crippen LogP contribution in [0.5, 0.6) is 0 Å². The van der Waals surface area contributed by atoms with E-state index < -0.39 is 0 Å². The van der Waals surface area contributed by atoms with E-state index in [1.165, 1.54) is 22.4 Å². The molecular weight excluding hydrogens is 284 g/mol. The number of aromatic nitrogens is 1. The third kappa shape index (κ3) is 1.36. The van der Waals surface area contributed by atoms with E-state index in [-0.39, 0.29) is 22.4 Å². The maximum absolute atomic E-state index is 5.81. The number of anilines is 1. The lowest BCUT2D eigenvalue weighted by Crippen LogP contribution is -2.62. The van der Waals surface area contributed by atoms with E-state index in [2.05, 4.69) is 76.7 Å². The zero-order valence-electron chi connectivity index (χ0n) is 15.2. The molecule has 3 heteroatoms. The van der Waals surface area contributed by atoms with Crippen molar-refractivity contribution in [1.29, 1.82) is 0 Å². The summed E-state index contributed by atoms with van der Waals surface area (Å²) in [5.74, 6) is 1.04. The van der Waals surface area contributed by atoms with Crippen molar-refractivity contribution in [3.05, 3.63) is 46.8 Å². The molecule has 122 valence electrons. The predicted octanol–water partition coefficient (Wildman–Crippen LogP) is 5.10. The second-order valence-electron chi connectivity index (χ2n) is 8.45. The number of fused-ring (bicyclic) bond motifs is 5. The van der Waals surface area contributed by atoms with Crippen molar-refractivity contribution >= 4 is 5.69 Å². The smallest absolute Gasteiger partial charge is 0.167 e. The highest BCUT2D eigenvalue weighted by atomic mass is 16.5. The molecule has 1 aromatic heterocycles. The molecule has 2 aromatic rings. The second-order valence-corrected chi connectivity index (χ2v) is 8.45. The Labute approximate surface area is 138 Å². The predicted molar refractivity (Wildman–Crippen MR) is 92.7 cm³/mol. The van der Waals surface area contributed by atoms with Crippen LogP contribution >= 0.6 is 0 Å². The molecule has 23 heavy (non-hydrogen) atoms. The van der Waals surface area contributed by atoms with Crippen LogP contribution in [-0.2, 0) is 11.0 Å². The summed E-state index contributed by atoms with van der Waals surface area (Å²) >= 11 is 0. The largest absolute Gasteiger partial charge is 0.358 e. The molecule has 0 saturated heterocycles. The molecule has 3 heterocycles. The van der Waals surface area contributed by atoms with Crippen LogP contribution in [-0.4, -0.2) is 5.16 Å². The Hall–Kier alpha value is -1.77. The van der Waals surface area contributed by atoms with Crippen LogP contribution in [0.1, 0.15) is 70.0 Å². The minimum Gasteiger partial charge on any atom is -0.358 e. The first kappa shape index (κ1) is 14.8. The summed E-state index contributed by atoms with van der Waals surface area (Å²) < 4.78 is 5.81. The zero-order valence-corrected chi connectivity index (χ0v) is 15.2. The molecule has 2 aliphatic rings. The molecule has 0 fully saturated rings. The first-order valence-electron chi connectivity index (χ1n) is 8.50. The van der Waals surface area contributed by atoms with Crippen LogP contribution in [0.4, 0.5) is 5.69 Å². The summed E-state index contributed by atoms with van der Waals surface area (Å²) in [5, 5.41) is 4.12. The zero-order chi connectivity index (χ0) is 16.8. The summed E-state index contributed by atoms with van der Waals surface area (Å²) in [4.78, 5) is 2.58. The summed E-state index contributed by atoms with van der Waals surface area (Å²) in [6.07, 6.45) is 1.91. The van der Waals surface area contributed by atoms with Crippen LogP contribution < -0.4 is 4.90 Å². The molecule has 4 rings (SSSR count). The first-order valence-corrected chi connectivity index (χ1v) is 8.50. The maximum atomic E-state index is 5.81. The van der Waals surface area contributed by atoms with Gasteiger partial charge in [-0.3, -0.25) is 0 Å². The van der Waals surface area contributed by atoms with E-state index in [1.807, 2.05) is 6.20 Å².